The minimum Gasteiger partial charge on any atom is -0.398 e. The Balaban J connectivity index is 2.32. The van der Waals surface area contributed by atoms with E-state index in [1.807, 2.05) is 18.4 Å². The smallest absolute Gasteiger partial charge is 0.0579 e. The zero-order valence-corrected chi connectivity index (χ0v) is 7.87. The molecule has 64 valence electrons. The summed E-state index contributed by atoms with van der Waals surface area (Å²) in [4.78, 5) is 1.19. The van der Waals surface area contributed by atoms with Crippen molar-refractivity contribution in [3.05, 3.63) is 16.3 Å². The number of anilines is 1. The molecule has 1 aromatic rings. The lowest BCUT2D eigenvalue weighted by molar-refractivity contribution is 0.782. The van der Waals surface area contributed by atoms with Gasteiger partial charge in [-0.25, -0.2) is 0 Å². The Morgan fingerprint density at radius 1 is 1.67 bits per heavy atom. The SMILES string of the molecule is CC#CCNCc1sccc1N. The van der Waals surface area contributed by atoms with Gasteiger partial charge in [0.15, 0.2) is 0 Å². The van der Waals surface area contributed by atoms with Crippen molar-refractivity contribution in [2.24, 2.45) is 0 Å². The van der Waals surface area contributed by atoms with Crippen molar-refractivity contribution in [1.82, 2.24) is 5.32 Å². The highest BCUT2D eigenvalue weighted by Gasteiger charge is 1.97. The molecule has 0 unspecified atom stereocenters. The Morgan fingerprint density at radius 2 is 2.50 bits per heavy atom. The minimum absolute atomic E-state index is 0.730. The first-order valence-electron chi connectivity index (χ1n) is 3.76. The molecule has 0 atom stereocenters. The maximum atomic E-state index is 5.69. The van der Waals surface area contributed by atoms with Gasteiger partial charge in [-0.3, -0.25) is 0 Å². The lowest BCUT2D eigenvalue weighted by Gasteiger charge is -1.98. The minimum atomic E-state index is 0.730. The van der Waals surface area contributed by atoms with Crippen LogP contribution in [0.25, 0.3) is 0 Å². The van der Waals surface area contributed by atoms with Gasteiger partial charge in [0, 0.05) is 17.1 Å². The molecule has 0 saturated carbocycles. The van der Waals surface area contributed by atoms with E-state index in [0.29, 0.717) is 0 Å². The van der Waals surface area contributed by atoms with Crippen LogP contribution in [0.2, 0.25) is 0 Å². The molecule has 0 aliphatic heterocycles. The summed E-state index contributed by atoms with van der Waals surface area (Å²) in [7, 11) is 0. The van der Waals surface area contributed by atoms with Crippen LogP contribution < -0.4 is 11.1 Å². The highest BCUT2D eigenvalue weighted by Crippen LogP contribution is 2.17. The summed E-state index contributed by atoms with van der Waals surface area (Å²) in [5.41, 5.74) is 6.56. The van der Waals surface area contributed by atoms with Crippen molar-refractivity contribution >= 4 is 17.0 Å². The zero-order chi connectivity index (χ0) is 8.81. The molecule has 0 aromatic carbocycles. The van der Waals surface area contributed by atoms with Gasteiger partial charge in [0.05, 0.1) is 6.54 Å². The Hall–Kier alpha value is -0.980. The van der Waals surface area contributed by atoms with Crippen LogP contribution in [0.15, 0.2) is 11.4 Å². The summed E-state index contributed by atoms with van der Waals surface area (Å²) in [5.74, 6) is 5.75. The maximum Gasteiger partial charge on any atom is 0.0579 e. The summed E-state index contributed by atoms with van der Waals surface area (Å²) in [6.07, 6.45) is 0. The summed E-state index contributed by atoms with van der Waals surface area (Å²) in [5, 5.41) is 5.18. The van der Waals surface area contributed by atoms with Gasteiger partial charge in [-0.15, -0.1) is 17.3 Å². The van der Waals surface area contributed by atoms with Crippen molar-refractivity contribution in [2.75, 3.05) is 12.3 Å². The third kappa shape index (κ3) is 2.57. The zero-order valence-electron chi connectivity index (χ0n) is 7.05. The van der Waals surface area contributed by atoms with Crippen molar-refractivity contribution < 1.29 is 0 Å². The number of thiophene rings is 1. The van der Waals surface area contributed by atoms with Crippen molar-refractivity contribution in [2.45, 2.75) is 13.5 Å². The van der Waals surface area contributed by atoms with E-state index < -0.39 is 0 Å². The number of nitrogens with one attached hydrogen (secondary N) is 1. The van der Waals surface area contributed by atoms with Gasteiger partial charge in [0.25, 0.3) is 0 Å². The van der Waals surface area contributed by atoms with Crippen LogP contribution in [-0.2, 0) is 6.54 Å². The van der Waals surface area contributed by atoms with Crippen molar-refractivity contribution in [3.8, 4) is 11.8 Å². The molecule has 3 N–H and O–H groups in total. The highest BCUT2D eigenvalue weighted by molar-refractivity contribution is 7.10. The average Bonchev–Trinajstić information content (AvgIpc) is 2.46. The average molecular weight is 180 g/mol. The van der Waals surface area contributed by atoms with E-state index in [9.17, 15) is 0 Å². The van der Waals surface area contributed by atoms with Gasteiger partial charge in [-0.2, -0.15) is 0 Å². The molecular weight excluding hydrogens is 168 g/mol. The van der Waals surface area contributed by atoms with Crippen LogP contribution in [0.5, 0.6) is 0 Å². The first kappa shape index (κ1) is 9.11. The second-order valence-electron chi connectivity index (χ2n) is 2.33. The van der Waals surface area contributed by atoms with Crippen LogP contribution in [0, 0.1) is 11.8 Å². The standard InChI is InChI=1S/C9H12N2S/c1-2-3-5-11-7-9-8(10)4-6-12-9/h4,6,11H,5,7,10H2,1H3. The third-order valence-corrected chi connectivity index (χ3v) is 2.39. The number of hydrogen-bond acceptors (Lipinski definition) is 3. The van der Waals surface area contributed by atoms with Gasteiger partial charge in [0.1, 0.15) is 0 Å². The largest absolute Gasteiger partial charge is 0.398 e. The molecule has 0 saturated heterocycles. The van der Waals surface area contributed by atoms with E-state index in [1.165, 1.54) is 4.88 Å². The molecule has 1 aromatic heterocycles. The molecule has 0 aliphatic carbocycles. The van der Waals surface area contributed by atoms with E-state index >= 15 is 0 Å². The predicted octanol–water partition coefficient (Wildman–Crippen LogP) is 1.44. The fourth-order valence-corrected chi connectivity index (χ4v) is 1.59. The second kappa shape index (κ2) is 4.81. The lowest BCUT2D eigenvalue weighted by atomic mass is 10.4. The molecule has 2 nitrogen and oxygen atoms in total. The van der Waals surface area contributed by atoms with Crippen LogP contribution in [-0.4, -0.2) is 6.54 Å². The molecule has 0 fully saturated rings. The number of hydrogen-bond donors (Lipinski definition) is 2. The van der Waals surface area contributed by atoms with Crippen LogP contribution in [0.3, 0.4) is 0 Å². The maximum absolute atomic E-state index is 5.69. The second-order valence-corrected chi connectivity index (χ2v) is 3.33. The monoisotopic (exact) mass is 180 g/mol. The van der Waals surface area contributed by atoms with Gasteiger partial charge in [0.2, 0.25) is 0 Å². The van der Waals surface area contributed by atoms with E-state index in [1.54, 1.807) is 11.3 Å². The topological polar surface area (TPSA) is 38.0 Å². The first-order chi connectivity index (χ1) is 5.84. The van der Waals surface area contributed by atoms with Crippen LogP contribution >= 0.6 is 11.3 Å². The summed E-state index contributed by atoms with van der Waals surface area (Å²) in [6.45, 7) is 3.38. The predicted molar refractivity (Wildman–Crippen MR) is 53.9 cm³/mol. The van der Waals surface area contributed by atoms with Crippen LogP contribution in [0.4, 0.5) is 5.69 Å². The van der Waals surface area contributed by atoms with Gasteiger partial charge in [-0.1, -0.05) is 5.92 Å². The van der Waals surface area contributed by atoms with Gasteiger partial charge < -0.3 is 11.1 Å². The molecule has 1 rings (SSSR count). The van der Waals surface area contributed by atoms with E-state index in [-0.39, 0.29) is 0 Å². The number of nitrogen functional groups attached to an aromatic ring is 1. The molecule has 0 spiro atoms. The summed E-state index contributed by atoms with van der Waals surface area (Å²) in [6, 6.07) is 1.92. The Labute approximate surface area is 76.8 Å². The molecule has 1 heterocycles. The third-order valence-electron chi connectivity index (χ3n) is 1.46. The first-order valence-corrected chi connectivity index (χ1v) is 4.64. The van der Waals surface area contributed by atoms with Gasteiger partial charge in [-0.05, 0) is 18.4 Å². The Kier molecular flexibility index (Phi) is 3.65. The molecule has 0 aliphatic rings. The van der Waals surface area contributed by atoms with Gasteiger partial charge >= 0.3 is 0 Å². The number of nitrogens with two attached hydrogens (primary N) is 1. The van der Waals surface area contributed by atoms with E-state index in [4.69, 9.17) is 5.73 Å². The van der Waals surface area contributed by atoms with Crippen molar-refractivity contribution in [3.63, 3.8) is 0 Å². The Morgan fingerprint density at radius 3 is 3.08 bits per heavy atom. The number of rotatable bonds is 3. The summed E-state index contributed by atoms with van der Waals surface area (Å²) >= 11 is 1.67. The molecule has 0 radical (unpaired) electrons. The fourth-order valence-electron chi connectivity index (χ4n) is 0.821. The molecule has 12 heavy (non-hydrogen) atoms. The van der Waals surface area contributed by atoms with Crippen LogP contribution in [0.1, 0.15) is 11.8 Å². The highest BCUT2D eigenvalue weighted by atomic mass is 32.1. The fraction of sp³-hybridized carbons (Fsp3) is 0.333. The van der Waals surface area contributed by atoms with Crippen molar-refractivity contribution in [1.29, 1.82) is 0 Å². The molecule has 0 amide bonds. The van der Waals surface area contributed by atoms with E-state index in [0.717, 1.165) is 18.8 Å². The molecule has 3 heteroatoms. The quantitative estimate of drug-likeness (QED) is 0.545. The lowest BCUT2D eigenvalue weighted by Crippen LogP contribution is -2.12. The normalized spacial score (nSPS) is 9.08. The Bertz CT molecular complexity index is 293. The molecular formula is C9H12N2S. The van der Waals surface area contributed by atoms with E-state index in [2.05, 4.69) is 17.2 Å². The molecule has 0 bridgehead atoms. The summed E-state index contributed by atoms with van der Waals surface area (Å²) < 4.78 is 0.